The molecule has 1 aliphatic rings. The first-order valence-electron chi connectivity index (χ1n) is 10.6. The molecule has 0 aromatic heterocycles. The number of amides is 3. The molecule has 1 aliphatic heterocycles. The topological polar surface area (TPSA) is 92.8 Å². The van der Waals surface area contributed by atoms with Crippen LogP contribution in [-0.2, 0) is 14.3 Å². The van der Waals surface area contributed by atoms with Crippen LogP contribution in [0.1, 0.15) is 44.9 Å². The van der Waals surface area contributed by atoms with Crippen molar-refractivity contribution in [2.24, 2.45) is 0 Å². The van der Waals surface area contributed by atoms with Crippen LogP contribution in [-0.4, -0.2) is 34.6 Å². The molecule has 0 saturated heterocycles. The first-order chi connectivity index (χ1) is 16.3. The summed E-state index contributed by atoms with van der Waals surface area (Å²) in [5.41, 5.74) is 2.16. The number of hydrogen-bond acceptors (Lipinski definition) is 5. The molecule has 3 amide bonds. The van der Waals surface area contributed by atoms with Crippen molar-refractivity contribution in [3.63, 3.8) is 0 Å². The van der Waals surface area contributed by atoms with Crippen molar-refractivity contribution in [2.75, 3.05) is 5.32 Å². The minimum atomic E-state index is -1.31. The Hall–Kier alpha value is -3.97. The van der Waals surface area contributed by atoms with E-state index in [0.717, 1.165) is 10.5 Å². The van der Waals surface area contributed by atoms with Gasteiger partial charge in [0.2, 0.25) is 6.10 Å². The van der Waals surface area contributed by atoms with Crippen LogP contribution >= 0.6 is 11.6 Å². The van der Waals surface area contributed by atoms with Gasteiger partial charge in [0.1, 0.15) is 6.04 Å². The predicted octanol–water partition coefficient (Wildman–Crippen LogP) is 4.56. The van der Waals surface area contributed by atoms with E-state index in [4.69, 9.17) is 16.3 Å². The second kappa shape index (κ2) is 9.49. The van der Waals surface area contributed by atoms with Crippen molar-refractivity contribution in [3.05, 3.63) is 100 Å². The Morgan fingerprint density at radius 2 is 1.50 bits per heavy atom. The Morgan fingerprint density at radius 1 is 0.912 bits per heavy atom. The minimum Gasteiger partial charge on any atom is -0.446 e. The van der Waals surface area contributed by atoms with E-state index in [1.54, 1.807) is 60.7 Å². The van der Waals surface area contributed by atoms with Crippen LogP contribution in [0.4, 0.5) is 5.69 Å². The summed E-state index contributed by atoms with van der Waals surface area (Å²) in [4.78, 5) is 52.5. The molecule has 3 aromatic carbocycles. The number of carbonyl (C=O) groups excluding carboxylic acids is 4. The number of ether oxygens (including phenoxy) is 1. The highest BCUT2D eigenvalue weighted by Crippen LogP contribution is 2.27. The van der Waals surface area contributed by atoms with Crippen molar-refractivity contribution in [3.8, 4) is 0 Å². The Kier molecular flexibility index (Phi) is 6.47. The van der Waals surface area contributed by atoms with Crippen LogP contribution in [0.25, 0.3) is 0 Å². The Morgan fingerprint density at radius 3 is 2.09 bits per heavy atom. The van der Waals surface area contributed by atoms with Crippen molar-refractivity contribution in [2.45, 2.75) is 26.0 Å². The zero-order valence-corrected chi connectivity index (χ0v) is 19.2. The smallest absolute Gasteiger partial charge is 0.330 e. The van der Waals surface area contributed by atoms with Gasteiger partial charge in [-0.25, -0.2) is 4.79 Å². The van der Waals surface area contributed by atoms with Gasteiger partial charge in [0.05, 0.1) is 11.1 Å². The monoisotopic (exact) mass is 476 g/mol. The van der Waals surface area contributed by atoms with E-state index in [9.17, 15) is 19.2 Å². The third kappa shape index (κ3) is 4.43. The lowest BCUT2D eigenvalue weighted by atomic mass is 10.1. The van der Waals surface area contributed by atoms with Crippen LogP contribution in [0, 0.1) is 6.92 Å². The number of carbonyl (C=O) groups is 4. The molecule has 0 radical (unpaired) electrons. The van der Waals surface area contributed by atoms with Crippen molar-refractivity contribution in [1.82, 2.24) is 4.90 Å². The van der Waals surface area contributed by atoms with Gasteiger partial charge in [0, 0.05) is 16.3 Å². The molecule has 1 N–H and O–H groups in total. The molecule has 0 fully saturated rings. The highest BCUT2D eigenvalue weighted by Gasteiger charge is 2.42. The van der Waals surface area contributed by atoms with Crippen LogP contribution in [0.15, 0.2) is 72.8 Å². The van der Waals surface area contributed by atoms with Crippen LogP contribution < -0.4 is 5.32 Å². The summed E-state index contributed by atoms with van der Waals surface area (Å²) in [6, 6.07) is 18.6. The number of anilines is 1. The average Bonchev–Trinajstić information content (AvgIpc) is 3.09. The van der Waals surface area contributed by atoms with E-state index >= 15 is 0 Å². The van der Waals surface area contributed by atoms with E-state index in [-0.39, 0.29) is 11.1 Å². The largest absolute Gasteiger partial charge is 0.446 e. The number of fused-ring (bicyclic) bond motifs is 1. The molecule has 1 heterocycles. The summed E-state index contributed by atoms with van der Waals surface area (Å²) >= 11 is 6.15. The molecule has 172 valence electrons. The number of nitrogens with one attached hydrogen (secondary N) is 1. The lowest BCUT2D eigenvalue weighted by Gasteiger charge is -2.24. The quantitative estimate of drug-likeness (QED) is 0.416. The lowest BCUT2D eigenvalue weighted by Crippen LogP contribution is -2.44. The molecule has 0 unspecified atom stereocenters. The fourth-order valence-corrected chi connectivity index (χ4v) is 3.84. The number of rotatable bonds is 6. The molecule has 3 aromatic rings. The van der Waals surface area contributed by atoms with E-state index in [0.29, 0.717) is 16.3 Å². The maximum Gasteiger partial charge on any atom is 0.330 e. The standard InChI is InChI=1S/C26H21ClN2O5/c1-15-12-13-18(14-21(15)27)28-23(30)22(17-8-4-3-5-9-17)34-26(33)16(2)29-24(31)19-10-6-7-11-20(19)25(29)32/h3-14,16,22H,1-2H3,(H,28,30)/t16-,22+/m1/s1. The van der Waals surface area contributed by atoms with E-state index < -0.39 is 35.8 Å². The van der Waals surface area contributed by atoms with E-state index in [1.165, 1.54) is 19.1 Å². The number of nitrogens with zero attached hydrogens (tertiary/aromatic N) is 1. The third-order valence-electron chi connectivity index (χ3n) is 5.57. The first-order valence-corrected chi connectivity index (χ1v) is 10.9. The molecule has 2 atom stereocenters. The minimum absolute atomic E-state index is 0.223. The van der Waals surface area contributed by atoms with Gasteiger partial charge in [-0.05, 0) is 43.7 Å². The normalized spacial score (nSPS) is 14.4. The van der Waals surface area contributed by atoms with Crippen LogP contribution in [0.3, 0.4) is 0 Å². The number of esters is 1. The SMILES string of the molecule is Cc1ccc(NC(=O)[C@@H](OC(=O)[C@@H](C)N2C(=O)c3ccccc3C2=O)c2ccccc2)cc1Cl. The number of benzene rings is 3. The molecule has 0 saturated carbocycles. The van der Waals surface area contributed by atoms with Gasteiger partial charge < -0.3 is 10.1 Å². The molecule has 4 rings (SSSR count). The van der Waals surface area contributed by atoms with Crippen molar-refractivity contribution >= 4 is 41.0 Å². The van der Waals surface area contributed by atoms with Gasteiger partial charge in [-0.3, -0.25) is 19.3 Å². The number of hydrogen-bond donors (Lipinski definition) is 1. The van der Waals surface area contributed by atoms with Gasteiger partial charge in [0.15, 0.2) is 0 Å². The number of imide groups is 1. The Bertz CT molecular complexity index is 1260. The van der Waals surface area contributed by atoms with Gasteiger partial charge in [-0.15, -0.1) is 0 Å². The number of halogens is 1. The predicted molar refractivity (Wildman–Crippen MR) is 126 cm³/mol. The second-order valence-electron chi connectivity index (χ2n) is 7.88. The molecule has 7 nitrogen and oxygen atoms in total. The molecule has 0 spiro atoms. The van der Waals surface area contributed by atoms with E-state index in [1.807, 2.05) is 6.92 Å². The summed E-state index contributed by atoms with van der Waals surface area (Å²) in [7, 11) is 0. The maximum atomic E-state index is 13.1. The summed E-state index contributed by atoms with van der Waals surface area (Å²) in [6.45, 7) is 3.23. The van der Waals surface area contributed by atoms with E-state index in [2.05, 4.69) is 5.32 Å². The second-order valence-corrected chi connectivity index (χ2v) is 8.29. The van der Waals surface area contributed by atoms with Crippen LogP contribution in [0.2, 0.25) is 5.02 Å². The molecule has 8 heteroatoms. The highest BCUT2D eigenvalue weighted by atomic mass is 35.5. The fourth-order valence-electron chi connectivity index (χ4n) is 3.66. The summed E-state index contributed by atoms with van der Waals surface area (Å²) in [6.07, 6.45) is -1.31. The molecule has 0 aliphatic carbocycles. The summed E-state index contributed by atoms with van der Waals surface area (Å²) in [5.74, 6) is -2.66. The van der Waals surface area contributed by atoms with Gasteiger partial charge in [-0.1, -0.05) is 60.1 Å². The lowest BCUT2D eigenvalue weighted by molar-refractivity contribution is -0.158. The molecule has 0 bridgehead atoms. The van der Waals surface area contributed by atoms with Gasteiger partial charge in [0.25, 0.3) is 17.7 Å². The fraction of sp³-hybridized carbons (Fsp3) is 0.154. The van der Waals surface area contributed by atoms with Gasteiger partial charge >= 0.3 is 5.97 Å². The molecule has 34 heavy (non-hydrogen) atoms. The zero-order valence-electron chi connectivity index (χ0n) is 18.4. The average molecular weight is 477 g/mol. The zero-order chi connectivity index (χ0) is 24.4. The van der Waals surface area contributed by atoms with Crippen LogP contribution in [0.5, 0.6) is 0 Å². The Balaban J connectivity index is 1.56. The number of aryl methyl sites for hydroxylation is 1. The maximum absolute atomic E-state index is 13.1. The van der Waals surface area contributed by atoms with Crippen molar-refractivity contribution in [1.29, 1.82) is 0 Å². The van der Waals surface area contributed by atoms with Gasteiger partial charge in [-0.2, -0.15) is 0 Å². The molecular weight excluding hydrogens is 456 g/mol. The Labute approximate surface area is 201 Å². The first kappa shape index (κ1) is 23.2. The highest BCUT2D eigenvalue weighted by molar-refractivity contribution is 6.31. The third-order valence-corrected chi connectivity index (χ3v) is 5.97. The summed E-state index contributed by atoms with van der Waals surface area (Å²) in [5, 5.41) is 3.18. The summed E-state index contributed by atoms with van der Waals surface area (Å²) < 4.78 is 5.56. The van der Waals surface area contributed by atoms with Crippen molar-refractivity contribution < 1.29 is 23.9 Å². The molecular formula is C26H21ClN2O5.